The van der Waals surface area contributed by atoms with Gasteiger partial charge in [-0.15, -0.1) is 0 Å². The van der Waals surface area contributed by atoms with E-state index in [2.05, 4.69) is 19.2 Å². The van der Waals surface area contributed by atoms with Crippen LogP contribution in [0.1, 0.15) is 38.7 Å². The van der Waals surface area contributed by atoms with Crippen molar-refractivity contribution in [3.63, 3.8) is 0 Å². The molecule has 94 valence electrons. The zero-order chi connectivity index (χ0) is 12.3. The van der Waals surface area contributed by atoms with E-state index >= 15 is 0 Å². The first-order valence-corrected chi connectivity index (χ1v) is 6.67. The maximum absolute atomic E-state index is 9.21. The van der Waals surface area contributed by atoms with Crippen molar-refractivity contribution in [1.82, 2.24) is 5.32 Å². The molecule has 2 rings (SSSR count). The molecule has 0 amide bonds. The summed E-state index contributed by atoms with van der Waals surface area (Å²) in [5, 5.41) is 12.9. The van der Waals surface area contributed by atoms with E-state index in [0.29, 0.717) is 11.8 Å². The van der Waals surface area contributed by atoms with E-state index in [1.165, 1.54) is 18.4 Å². The summed E-state index contributed by atoms with van der Waals surface area (Å²) in [6.45, 7) is 4.59. The van der Waals surface area contributed by atoms with Gasteiger partial charge in [-0.25, -0.2) is 0 Å². The molecule has 0 bridgehead atoms. The van der Waals surface area contributed by atoms with Crippen molar-refractivity contribution in [2.45, 2.75) is 51.6 Å². The van der Waals surface area contributed by atoms with Gasteiger partial charge in [0.15, 0.2) is 0 Å². The number of aryl methyl sites for hydroxylation is 1. The Kier molecular flexibility index (Phi) is 4.06. The van der Waals surface area contributed by atoms with Crippen molar-refractivity contribution in [3.8, 4) is 5.75 Å². The molecule has 0 heterocycles. The van der Waals surface area contributed by atoms with Gasteiger partial charge < -0.3 is 10.4 Å². The third-order valence-corrected chi connectivity index (χ3v) is 3.70. The Balaban J connectivity index is 1.68. The fraction of sp³-hybridized carbons (Fsp3) is 0.600. The van der Waals surface area contributed by atoms with Gasteiger partial charge in [0.2, 0.25) is 0 Å². The number of phenols is 1. The lowest BCUT2D eigenvalue weighted by atomic mass is 9.81. The molecule has 2 heteroatoms. The maximum Gasteiger partial charge on any atom is 0.115 e. The Morgan fingerprint density at radius 1 is 1.29 bits per heavy atom. The highest BCUT2D eigenvalue weighted by Gasteiger charge is 2.25. The zero-order valence-corrected chi connectivity index (χ0v) is 10.8. The second-order valence-corrected chi connectivity index (χ2v) is 5.55. The zero-order valence-electron chi connectivity index (χ0n) is 10.8. The molecule has 0 spiro atoms. The van der Waals surface area contributed by atoms with Gasteiger partial charge in [0.1, 0.15) is 5.75 Å². The van der Waals surface area contributed by atoms with Crippen LogP contribution in [-0.4, -0.2) is 17.2 Å². The minimum absolute atomic E-state index is 0.350. The highest BCUT2D eigenvalue weighted by Crippen LogP contribution is 2.26. The summed E-state index contributed by atoms with van der Waals surface area (Å²) in [6, 6.07) is 8.88. The van der Waals surface area contributed by atoms with Crippen LogP contribution >= 0.6 is 0 Å². The van der Waals surface area contributed by atoms with E-state index in [0.717, 1.165) is 24.8 Å². The van der Waals surface area contributed by atoms with Crippen molar-refractivity contribution in [2.75, 3.05) is 0 Å². The predicted molar refractivity (Wildman–Crippen MR) is 71.2 cm³/mol. The van der Waals surface area contributed by atoms with Gasteiger partial charge in [-0.05, 0) is 56.2 Å². The molecule has 1 fully saturated rings. The van der Waals surface area contributed by atoms with Crippen molar-refractivity contribution >= 4 is 0 Å². The molecule has 0 aromatic heterocycles. The van der Waals surface area contributed by atoms with Crippen LogP contribution in [-0.2, 0) is 6.42 Å². The van der Waals surface area contributed by atoms with Gasteiger partial charge >= 0.3 is 0 Å². The number of hydrogen-bond acceptors (Lipinski definition) is 2. The van der Waals surface area contributed by atoms with Gasteiger partial charge in [0, 0.05) is 12.1 Å². The number of aromatic hydroxyl groups is 1. The lowest BCUT2D eigenvalue weighted by Crippen LogP contribution is -2.44. The van der Waals surface area contributed by atoms with Crippen LogP contribution in [0, 0.1) is 5.92 Å². The van der Waals surface area contributed by atoms with E-state index in [9.17, 15) is 5.11 Å². The van der Waals surface area contributed by atoms with E-state index in [1.54, 1.807) is 12.1 Å². The van der Waals surface area contributed by atoms with Gasteiger partial charge in [-0.1, -0.05) is 19.1 Å². The van der Waals surface area contributed by atoms with E-state index in [4.69, 9.17) is 0 Å². The monoisotopic (exact) mass is 233 g/mol. The van der Waals surface area contributed by atoms with Crippen molar-refractivity contribution < 1.29 is 5.11 Å². The van der Waals surface area contributed by atoms with Crippen molar-refractivity contribution in [2.24, 2.45) is 5.92 Å². The molecule has 1 unspecified atom stereocenters. The normalized spacial score (nSPS) is 25.3. The molecule has 1 aliphatic rings. The minimum Gasteiger partial charge on any atom is -0.508 e. The van der Waals surface area contributed by atoms with Gasteiger partial charge in [-0.2, -0.15) is 0 Å². The molecule has 1 aromatic rings. The van der Waals surface area contributed by atoms with Crippen LogP contribution in [0.25, 0.3) is 0 Å². The minimum atomic E-state index is 0.350. The largest absolute Gasteiger partial charge is 0.508 e. The molecule has 2 nitrogen and oxygen atoms in total. The Labute approximate surface area is 104 Å². The summed E-state index contributed by atoms with van der Waals surface area (Å²) in [5.41, 5.74) is 1.30. The van der Waals surface area contributed by atoms with Gasteiger partial charge in [-0.3, -0.25) is 0 Å². The Hall–Kier alpha value is -1.02. The maximum atomic E-state index is 9.21. The van der Waals surface area contributed by atoms with Gasteiger partial charge in [0.25, 0.3) is 0 Å². The van der Waals surface area contributed by atoms with Crippen LogP contribution in [0.4, 0.5) is 0 Å². The summed E-state index contributed by atoms with van der Waals surface area (Å²) in [7, 11) is 0. The van der Waals surface area contributed by atoms with Crippen LogP contribution in [0.5, 0.6) is 5.75 Å². The first kappa shape index (κ1) is 12.4. The average molecular weight is 233 g/mol. The van der Waals surface area contributed by atoms with Crippen LogP contribution in [0.3, 0.4) is 0 Å². The van der Waals surface area contributed by atoms with Crippen LogP contribution in [0.15, 0.2) is 24.3 Å². The van der Waals surface area contributed by atoms with Crippen LogP contribution < -0.4 is 5.32 Å². The van der Waals surface area contributed by atoms with E-state index in [1.807, 2.05) is 12.1 Å². The smallest absolute Gasteiger partial charge is 0.115 e. The lowest BCUT2D eigenvalue weighted by Gasteiger charge is -2.35. The SMILES string of the molecule is CC1CC(NC(C)CCc2ccc(O)cc2)C1. The topological polar surface area (TPSA) is 32.3 Å². The highest BCUT2D eigenvalue weighted by atomic mass is 16.3. The molecular formula is C15H23NO. The molecule has 1 aliphatic carbocycles. The molecule has 1 saturated carbocycles. The number of phenolic OH excluding ortho intramolecular Hbond substituents is 1. The Morgan fingerprint density at radius 3 is 2.53 bits per heavy atom. The summed E-state index contributed by atoms with van der Waals surface area (Å²) in [6.07, 6.45) is 4.92. The summed E-state index contributed by atoms with van der Waals surface area (Å²) in [4.78, 5) is 0. The molecule has 0 radical (unpaired) electrons. The number of benzene rings is 1. The molecular weight excluding hydrogens is 210 g/mol. The van der Waals surface area contributed by atoms with E-state index < -0.39 is 0 Å². The van der Waals surface area contributed by atoms with Crippen LogP contribution in [0.2, 0.25) is 0 Å². The van der Waals surface area contributed by atoms with Gasteiger partial charge in [0.05, 0.1) is 0 Å². The number of hydrogen-bond donors (Lipinski definition) is 2. The summed E-state index contributed by atoms with van der Waals surface area (Å²) < 4.78 is 0. The van der Waals surface area contributed by atoms with Crippen molar-refractivity contribution in [3.05, 3.63) is 29.8 Å². The van der Waals surface area contributed by atoms with E-state index in [-0.39, 0.29) is 0 Å². The standard InChI is InChI=1S/C15H23NO/c1-11-9-14(10-11)16-12(2)3-4-13-5-7-15(17)8-6-13/h5-8,11-12,14,16-17H,3-4,9-10H2,1-2H3. The third-order valence-electron chi connectivity index (χ3n) is 3.70. The fourth-order valence-electron chi connectivity index (χ4n) is 2.57. The fourth-order valence-corrected chi connectivity index (χ4v) is 2.57. The molecule has 2 N–H and O–H groups in total. The van der Waals surface area contributed by atoms with Crippen molar-refractivity contribution in [1.29, 1.82) is 0 Å². The second kappa shape index (κ2) is 5.54. The molecule has 1 aromatic carbocycles. The predicted octanol–water partition coefficient (Wildman–Crippen LogP) is 3.10. The Bertz CT molecular complexity index is 340. The summed E-state index contributed by atoms with van der Waals surface area (Å²) >= 11 is 0. The highest BCUT2D eigenvalue weighted by molar-refractivity contribution is 5.25. The Morgan fingerprint density at radius 2 is 1.94 bits per heavy atom. The average Bonchev–Trinajstić information content (AvgIpc) is 2.26. The molecule has 1 atom stereocenters. The number of rotatable bonds is 5. The molecule has 0 saturated heterocycles. The molecule has 0 aliphatic heterocycles. The summed E-state index contributed by atoms with van der Waals surface area (Å²) in [5.74, 6) is 1.26. The quantitative estimate of drug-likeness (QED) is 0.819. The third kappa shape index (κ3) is 3.74. The first-order valence-electron chi connectivity index (χ1n) is 6.67. The number of nitrogens with one attached hydrogen (secondary N) is 1. The second-order valence-electron chi connectivity index (χ2n) is 5.55. The lowest BCUT2D eigenvalue weighted by molar-refractivity contribution is 0.223. The first-order chi connectivity index (χ1) is 8.13. The molecule has 17 heavy (non-hydrogen) atoms.